The molecule has 7 aromatic rings. The minimum atomic E-state index is -1.05. The van der Waals surface area contributed by atoms with Crippen LogP contribution in [0.4, 0.5) is 0 Å². The maximum atomic E-state index is 14.6. The average Bonchev–Trinajstić information content (AvgIpc) is 3.71. The molecule has 0 amide bonds. The molecule has 9 rings (SSSR count). The zero-order valence-electron chi connectivity index (χ0n) is 36.7. The van der Waals surface area contributed by atoms with Crippen molar-refractivity contribution in [1.82, 2.24) is 47.0 Å². The van der Waals surface area contributed by atoms with Crippen LogP contribution in [0.1, 0.15) is 29.0 Å². The van der Waals surface area contributed by atoms with Crippen LogP contribution in [-0.2, 0) is 53.1 Å². The normalized spacial score (nSPS) is 15.3. The SMILES string of the molecule is COc1cc2nc(CCn3c(=O)n4n(c3=O)C3Cn5c(=O)n(CCc6nc7cc(OC)c(OC)cc7n(C)c6=O)c(=O)n5C(c5cc(Br)c(O)c(OC)c5)C3=CC4)c(=O)n(C)c2cc1OC. The summed E-state index contributed by atoms with van der Waals surface area (Å²) in [5, 5.41) is 10.8. The number of methoxy groups -OCH3 is 5. The van der Waals surface area contributed by atoms with E-state index in [0.29, 0.717) is 56.2 Å². The summed E-state index contributed by atoms with van der Waals surface area (Å²) < 4.78 is 37.2. The number of hydrogen-bond donors (Lipinski definition) is 1. The molecule has 23 heteroatoms. The number of nitrogens with zero attached hydrogens (tertiary/aromatic N) is 10. The molecule has 3 aromatic carbocycles. The molecule has 1 N–H and O–H groups in total. The number of hydrogen-bond acceptors (Lipinski definition) is 14. The minimum absolute atomic E-state index is 0.0676. The number of allylic oxidation sites excluding steroid dienone is 2. The Balaban J connectivity index is 1.12. The number of phenols is 1. The Hall–Kier alpha value is -7.56. The maximum Gasteiger partial charge on any atom is 0.348 e. The lowest BCUT2D eigenvalue weighted by Crippen LogP contribution is -2.47. The zero-order valence-corrected chi connectivity index (χ0v) is 38.3. The zero-order chi connectivity index (χ0) is 47.0. The molecule has 66 heavy (non-hydrogen) atoms. The maximum absolute atomic E-state index is 14.6. The summed E-state index contributed by atoms with van der Waals surface area (Å²) in [6.45, 7) is -0.763. The molecule has 0 aliphatic carbocycles. The molecule has 4 aromatic heterocycles. The van der Waals surface area contributed by atoms with Gasteiger partial charge in [-0.3, -0.25) is 9.59 Å². The summed E-state index contributed by atoms with van der Waals surface area (Å²) in [6, 6.07) is 7.62. The second-order valence-corrected chi connectivity index (χ2v) is 16.6. The molecule has 0 spiro atoms. The van der Waals surface area contributed by atoms with Crippen LogP contribution in [0.2, 0.25) is 0 Å². The van der Waals surface area contributed by atoms with Gasteiger partial charge in [0.1, 0.15) is 17.4 Å². The number of ether oxygens (including phenoxy) is 5. The van der Waals surface area contributed by atoms with Gasteiger partial charge in [-0.25, -0.2) is 57.0 Å². The van der Waals surface area contributed by atoms with Gasteiger partial charge in [-0.05, 0) is 39.2 Å². The van der Waals surface area contributed by atoms with Crippen molar-refractivity contribution >= 4 is 38.0 Å². The molecule has 0 bridgehead atoms. The third-order valence-electron chi connectivity index (χ3n) is 12.4. The number of aryl methyl sites for hydroxylation is 4. The van der Waals surface area contributed by atoms with Crippen LogP contribution in [-0.4, -0.2) is 87.6 Å². The summed E-state index contributed by atoms with van der Waals surface area (Å²) in [6.07, 6.45) is 1.55. The Morgan fingerprint density at radius 2 is 1.09 bits per heavy atom. The van der Waals surface area contributed by atoms with E-state index in [-0.39, 0.29) is 66.4 Å². The molecule has 0 saturated heterocycles. The third-order valence-corrected chi connectivity index (χ3v) is 13.0. The van der Waals surface area contributed by atoms with Crippen molar-refractivity contribution in [2.45, 2.75) is 51.1 Å². The molecule has 2 aliphatic rings. The van der Waals surface area contributed by atoms with E-state index >= 15 is 0 Å². The predicted molar refractivity (Wildman–Crippen MR) is 241 cm³/mol. The van der Waals surface area contributed by atoms with Crippen molar-refractivity contribution in [3.8, 4) is 34.5 Å². The van der Waals surface area contributed by atoms with Crippen LogP contribution in [0.15, 0.2) is 81.3 Å². The highest BCUT2D eigenvalue weighted by atomic mass is 79.9. The molecular weight excluding hydrogens is 928 g/mol. The molecule has 0 radical (unpaired) electrons. The number of halogens is 1. The predicted octanol–water partition coefficient (Wildman–Crippen LogP) is 1.21. The van der Waals surface area contributed by atoms with Crippen molar-refractivity contribution in [2.24, 2.45) is 14.1 Å². The lowest BCUT2D eigenvalue weighted by atomic mass is 9.90. The van der Waals surface area contributed by atoms with Gasteiger partial charge < -0.3 is 37.9 Å². The number of fused-ring (bicyclic) bond motifs is 6. The fourth-order valence-corrected chi connectivity index (χ4v) is 9.48. The van der Waals surface area contributed by atoms with E-state index in [4.69, 9.17) is 23.7 Å². The monoisotopic (exact) mass is 970 g/mol. The minimum Gasteiger partial charge on any atom is -0.503 e. The van der Waals surface area contributed by atoms with Gasteiger partial charge in [-0.2, -0.15) is 0 Å². The second-order valence-electron chi connectivity index (χ2n) is 15.7. The van der Waals surface area contributed by atoms with E-state index < -0.39 is 46.0 Å². The van der Waals surface area contributed by atoms with Gasteiger partial charge in [-0.1, -0.05) is 6.08 Å². The van der Waals surface area contributed by atoms with Crippen LogP contribution >= 0.6 is 15.9 Å². The summed E-state index contributed by atoms with van der Waals surface area (Å²) in [4.78, 5) is 94.0. The molecular formula is C43H43BrN10O12. The standard InChI is InChI=1S/C43H43BrN10O12/c1-47-28-18-33(64-5)31(62-3)16-26(28)45-24(38(47)56)9-11-49-40(58)51-13-8-22-30(53(51)42(49)60)20-52-41(59)50(43(61)54(52)36(22)21-14-23(44)37(55)35(15-21)66-7)12-10-25-39(57)48(2)29-19-34(65-6)32(63-4)17-27(29)46-25/h8,14-19,30,36,55H,9-13,20H2,1-7H3. The molecule has 0 fully saturated rings. The first-order valence-corrected chi connectivity index (χ1v) is 21.3. The lowest BCUT2D eigenvalue weighted by Gasteiger charge is -2.37. The lowest BCUT2D eigenvalue weighted by molar-refractivity contribution is 0.245. The highest BCUT2D eigenvalue weighted by Gasteiger charge is 2.42. The molecule has 2 unspecified atom stereocenters. The Kier molecular flexibility index (Phi) is 10.9. The van der Waals surface area contributed by atoms with E-state index in [1.54, 1.807) is 50.5 Å². The molecule has 2 aliphatic heterocycles. The molecule has 0 saturated carbocycles. The van der Waals surface area contributed by atoms with Crippen LogP contribution in [0, 0.1) is 0 Å². The van der Waals surface area contributed by atoms with Crippen molar-refractivity contribution in [3.63, 3.8) is 0 Å². The largest absolute Gasteiger partial charge is 0.503 e. The quantitative estimate of drug-likeness (QED) is 0.170. The van der Waals surface area contributed by atoms with Gasteiger partial charge in [0, 0.05) is 64.3 Å². The van der Waals surface area contributed by atoms with Crippen LogP contribution in [0.25, 0.3) is 22.1 Å². The van der Waals surface area contributed by atoms with E-state index in [2.05, 4.69) is 25.9 Å². The van der Waals surface area contributed by atoms with Gasteiger partial charge >= 0.3 is 22.8 Å². The van der Waals surface area contributed by atoms with Gasteiger partial charge in [0.15, 0.2) is 34.5 Å². The van der Waals surface area contributed by atoms with Gasteiger partial charge in [0.25, 0.3) is 11.1 Å². The average molecular weight is 972 g/mol. The summed E-state index contributed by atoms with van der Waals surface area (Å²) in [7, 11) is 10.4. The molecule has 344 valence electrons. The van der Waals surface area contributed by atoms with E-state index in [0.717, 1.165) is 9.13 Å². The molecule has 6 heterocycles. The number of benzene rings is 3. The van der Waals surface area contributed by atoms with Gasteiger partial charge in [0.2, 0.25) is 0 Å². The number of rotatable bonds is 12. The third kappa shape index (κ3) is 6.66. The number of aromatic hydroxyl groups is 1. The van der Waals surface area contributed by atoms with Crippen molar-refractivity contribution in [3.05, 3.63) is 132 Å². The fourth-order valence-electron chi connectivity index (χ4n) is 9.02. The first-order valence-electron chi connectivity index (χ1n) is 20.5. The van der Waals surface area contributed by atoms with Crippen molar-refractivity contribution in [2.75, 3.05) is 35.5 Å². The highest BCUT2D eigenvalue weighted by molar-refractivity contribution is 9.10. The number of aromatic nitrogens is 10. The Labute approximate surface area is 380 Å². The smallest absolute Gasteiger partial charge is 0.348 e. The summed E-state index contributed by atoms with van der Waals surface area (Å²) in [5.74, 6) is 1.48. The van der Waals surface area contributed by atoms with Crippen LogP contribution in [0.5, 0.6) is 34.5 Å². The van der Waals surface area contributed by atoms with E-state index in [1.807, 2.05) is 0 Å². The first kappa shape index (κ1) is 43.7. The van der Waals surface area contributed by atoms with Crippen LogP contribution in [0.3, 0.4) is 0 Å². The molecule has 2 atom stereocenters. The van der Waals surface area contributed by atoms with Crippen molar-refractivity contribution in [1.29, 1.82) is 0 Å². The summed E-state index contributed by atoms with van der Waals surface area (Å²) in [5.41, 5.74) is -0.752. The number of phenolic OH excluding ortho intramolecular Hbond substituents is 1. The highest BCUT2D eigenvalue weighted by Crippen LogP contribution is 2.43. The summed E-state index contributed by atoms with van der Waals surface area (Å²) >= 11 is 3.38. The van der Waals surface area contributed by atoms with Crippen molar-refractivity contribution < 1.29 is 28.8 Å². The fraction of sp³-hybridized carbons (Fsp3) is 0.349. The van der Waals surface area contributed by atoms with E-state index in [1.165, 1.54) is 69.5 Å². The molecule has 22 nitrogen and oxygen atoms in total. The second kappa shape index (κ2) is 16.5. The van der Waals surface area contributed by atoms with Gasteiger partial charge in [-0.15, -0.1) is 0 Å². The van der Waals surface area contributed by atoms with Crippen LogP contribution < -0.4 is 57.6 Å². The Morgan fingerprint density at radius 1 is 0.621 bits per heavy atom. The van der Waals surface area contributed by atoms with Gasteiger partial charge in [0.05, 0.1) is 81.2 Å². The Bertz CT molecular complexity index is 3590. The Morgan fingerprint density at radius 3 is 1.59 bits per heavy atom. The van der Waals surface area contributed by atoms with E-state index in [9.17, 15) is 33.9 Å². The first-order chi connectivity index (χ1) is 31.6. The topological polar surface area (TPSA) is 234 Å².